The van der Waals surface area contributed by atoms with Crippen molar-refractivity contribution in [2.45, 2.75) is 33.2 Å². The monoisotopic (exact) mass is 197 g/mol. The van der Waals surface area contributed by atoms with Crippen molar-refractivity contribution in [3.05, 3.63) is 0 Å². The first-order valence-corrected chi connectivity index (χ1v) is 3.55. The number of hydrogen-bond acceptors (Lipinski definition) is 2. The maximum atomic E-state index is 10.5. The Bertz CT molecular complexity index is 144. The number of hydroxylamine groups is 2. The van der Waals surface area contributed by atoms with Crippen LogP contribution in [0, 0.1) is 0 Å². The number of amides is 1. The Balaban J connectivity index is 0. The van der Waals surface area contributed by atoms with Gasteiger partial charge in [0.2, 0.25) is 0 Å². The lowest BCUT2D eigenvalue weighted by molar-refractivity contribution is -0.174. The van der Waals surface area contributed by atoms with Crippen LogP contribution in [0.4, 0.5) is 4.79 Å². The standard InChI is InChI=1S/C7H15NO3.ClH/c1-5-11-8(6(9)10)7(2,3)4;/h5H2,1-4H3,(H,9,10);1H. The molecule has 0 aromatic heterocycles. The zero-order valence-electron chi connectivity index (χ0n) is 7.83. The fraction of sp³-hybridized carbons (Fsp3) is 0.857. The summed E-state index contributed by atoms with van der Waals surface area (Å²) in [5.41, 5.74) is -0.498. The van der Waals surface area contributed by atoms with E-state index in [1.165, 1.54) is 0 Å². The Kier molecular flexibility index (Phi) is 6.11. The summed E-state index contributed by atoms with van der Waals surface area (Å²) < 4.78 is 0. The van der Waals surface area contributed by atoms with E-state index in [1.807, 2.05) is 0 Å². The molecule has 0 spiro atoms. The Morgan fingerprint density at radius 1 is 1.50 bits per heavy atom. The SMILES string of the molecule is CCON(C(=O)O)C(C)(C)C.Cl. The average Bonchev–Trinajstić information content (AvgIpc) is 1.79. The number of hydrogen-bond donors (Lipinski definition) is 1. The molecule has 0 bridgehead atoms. The van der Waals surface area contributed by atoms with E-state index >= 15 is 0 Å². The van der Waals surface area contributed by atoms with Gasteiger partial charge in [-0.05, 0) is 27.7 Å². The minimum atomic E-state index is -1.06. The molecule has 0 saturated carbocycles. The van der Waals surface area contributed by atoms with Gasteiger partial charge in [0.15, 0.2) is 0 Å². The lowest BCUT2D eigenvalue weighted by Gasteiger charge is -2.30. The second-order valence-corrected chi connectivity index (χ2v) is 3.17. The molecule has 1 amide bonds. The van der Waals surface area contributed by atoms with Crippen LogP contribution < -0.4 is 0 Å². The fourth-order valence-corrected chi connectivity index (χ4v) is 0.665. The molecule has 1 N–H and O–H groups in total. The summed E-state index contributed by atoms with van der Waals surface area (Å²) >= 11 is 0. The summed E-state index contributed by atoms with van der Waals surface area (Å²) in [5.74, 6) is 0. The Hall–Kier alpha value is -0.480. The molecule has 0 aliphatic rings. The van der Waals surface area contributed by atoms with E-state index in [1.54, 1.807) is 27.7 Å². The Morgan fingerprint density at radius 3 is 2.00 bits per heavy atom. The summed E-state index contributed by atoms with van der Waals surface area (Å²) in [6.45, 7) is 7.44. The van der Waals surface area contributed by atoms with Crippen LogP contribution >= 0.6 is 12.4 Å². The van der Waals surface area contributed by atoms with E-state index in [9.17, 15) is 4.79 Å². The maximum Gasteiger partial charge on any atom is 0.431 e. The molecule has 0 rings (SSSR count). The molecular formula is C7H16ClNO3. The van der Waals surface area contributed by atoms with E-state index in [-0.39, 0.29) is 12.4 Å². The summed E-state index contributed by atoms with van der Waals surface area (Å²) in [7, 11) is 0. The van der Waals surface area contributed by atoms with E-state index < -0.39 is 11.6 Å². The highest BCUT2D eigenvalue weighted by molar-refractivity contribution is 5.85. The van der Waals surface area contributed by atoms with Gasteiger partial charge >= 0.3 is 6.09 Å². The molecule has 74 valence electrons. The van der Waals surface area contributed by atoms with Crippen LogP contribution in [0.1, 0.15) is 27.7 Å². The van der Waals surface area contributed by atoms with Crippen LogP contribution in [0.2, 0.25) is 0 Å². The second-order valence-electron chi connectivity index (χ2n) is 3.17. The molecule has 0 aromatic rings. The third kappa shape index (κ3) is 4.41. The van der Waals surface area contributed by atoms with Crippen LogP contribution in [0.25, 0.3) is 0 Å². The van der Waals surface area contributed by atoms with Gasteiger partial charge in [0.05, 0.1) is 12.1 Å². The highest BCUT2D eigenvalue weighted by Crippen LogP contribution is 2.13. The lowest BCUT2D eigenvalue weighted by Crippen LogP contribution is -2.44. The van der Waals surface area contributed by atoms with Gasteiger partial charge in [-0.1, -0.05) is 0 Å². The molecule has 12 heavy (non-hydrogen) atoms. The first kappa shape index (κ1) is 14.1. The molecule has 4 nitrogen and oxygen atoms in total. The topological polar surface area (TPSA) is 49.8 Å². The summed E-state index contributed by atoms with van der Waals surface area (Å²) in [6, 6.07) is 0. The third-order valence-corrected chi connectivity index (χ3v) is 1.04. The van der Waals surface area contributed by atoms with E-state index in [2.05, 4.69) is 0 Å². The molecule has 0 aromatic carbocycles. The van der Waals surface area contributed by atoms with Crippen LogP contribution in [0.15, 0.2) is 0 Å². The number of nitrogens with zero attached hydrogens (tertiary/aromatic N) is 1. The van der Waals surface area contributed by atoms with Gasteiger partial charge in [0.25, 0.3) is 0 Å². The average molecular weight is 198 g/mol. The molecule has 5 heteroatoms. The first-order chi connectivity index (χ1) is 4.89. The van der Waals surface area contributed by atoms with Crippen molar-refractivity contribution in [1.29, 1.82) is 0 Å². The van der Waals surface area contributed by atoms with E-state index in [0.717, 1.165) is 5.06 Å². The van der Waals surface area contributed by atoms with E-state index in [0.29, 0.717) is 6.61 Å². The Labute approximate surface area is 78.9 Å². The van der Waals surface area contributed by atoms with Crippen molar-refractivity contribution < 1.29 is 14.7 Å². The maximum absolute atomic E-state index is 10.5. The predicted molar refractivity (Wildman–Crippen MR) is 48.5 cm³/mol. The number of carbonyl (C=O) groups is 1. The third-order valence-electron chi connectivity index (χ3n) is 1.04. The Morgan fingerprint density at radius 2 is 1.92 bits per heavy atom. The highest BCUT2D eigenvalue weighted by Gasteiger charge is 2.26. The lowest BCUT2D eigenvalue weighted by atomic mass is 10.1. The van der Waals surface area contributed by atoms with Crippen LogP contribution in [0.5, 0.6) is 0 Å². The molecule has 0 radical (unpaired) electrons. The number of halogens is 1. The molecular weight excluding hydrogens is 182 g/mol. The zero-order valence-corrected chi connectivity index (χ0v) is 8.64. The van der Waals surface area contributed by atoms with Crippen molar-refractivity contribution in [3.63, 3.8) is 0 Å². The minimum absolute atomic E-state index is 0. The van der Waals surface area contributed by atoms with E-state index in [4.69, 9.17) is 9.94 Å². The van der Waals surface area contributed by atoms with Gasteiger partial charge in [0, 0.05) is 0 Å². The predicted octanol–water partition coefficient (Wildman–Crippen LogP) is 2.14. The molecule has 0 aliphatic carbocycles. The van der Waals surface area contributed by atoms with Crippen molar-refractivity contribution in [1.82, 2.24) is 5.06 Å². The largest absolute Gasteiger partial charge is 0.463 e. The quantitative estimate of drug-likeness (QED) is 0.690. The first-order valence-electron chi connectivity index (χ1n) is 3.55. The molecule has 0 atom stereocenters. The summed E-state index contributed by atoms with van der Waals surface area (Å²) in [6.07, 6.45) is -1.06. The van der Waals surface area contributed by atoms with Crippen molar-refractivity contribution in [3.8, 4) is 0 Å². The smallest absolute Gasteiger partial charge is 0.431 e. The number of rotatable bonds is 2. The summed E-state index contributed by atoms with van der Waals surface area (Å²) in [5, 5.41) is 9.59. The van der Waals surface area contributed by atoms with Gasteiger partial charge in [-0.25, -0.2) is 4.79 Å². The van der Waals surface area contributed by atoms with Gasteiger partial charge in [-0.2, -0.15) is 5.06 Å². The van der Waals surface area contributed by atoms with Crippen LogP contribution in [0.3, 0.4) is 0 Å². The molecule has 0 heterocycles. The molecule has 0 unspecified atom stereocenters. The van der Waals surface area contributed by atoms with Gasteiger partial charge in [0.1, 0.15) is 0 Å². The molecule has 0 fully saturated rings. The second kappa shape index (κ2) is 5.22. The molecule has 0 saturated heterocycles. The zero-order chi connectivity index (χ0) is 9.07. The fourth-order valence-electron chi connectivity index (χ4n) is 0.665. The van der Waals surface area contributed by atoms with Crippen molar-refractivity contribution in [2.24, 2.45) is 0 Å². The van der Waals surface area contributed by atoms with Gasteiger partial charge in [-0.3, -0.25) is 4.84 Å². The van der Waals surface area contributed by atoms with Crippen LogP contribution in [-0.2, 0) is 4.84 Å². The molecule has 0 aliphatic heterocycles. The minimum Gasteiger partial charge on any atom is -0.463 e. The normalized spacial score (nSPS) is 10.3. The number of carboxylic acid groups (broad SMARTS) is 1. The van der Waals surface area contributed by atoms with Gasteiger partial charge < -0.3 is 5.11 Å². The van der Waals surface area contributed by atoms with Crippen molar-refractivity contribution in [2.75, 3.05) is 6.61 Å². The summed E-state index contributed by atoms with van der Waals surface area (Å²) in [4.78, 5) is 15.4. The van der Waals surface area contributed by atoms with Crippen molar-refractivity contribution >= 4 is 18.5 Å². The van der Waals surface area contributed by atoms with Gasteiger partial charge in [-0.15, -0.1) is 12.4 Å². The van der Waals surface area contributed by atoms with Crippen LogP contribution in [-0.4, -0.2) is 28.4 Å². The highest BCUT2D eigenvalue weighted by atomic mass is 35.5.